The molecule has 0 aromatic heterocycles. The molecule has 0 radical (unpaired) electrons. The van der Waals surface area contributed by atoms with Gasteiger partial charge in [-0.2, -0.15) is 8.42 Å². The van der Waals surface area contributed by atoms with Crippen LogP contribution in [0.1, 0.15) is 103 Å². The molecule has 0 saturated heterocycles. The van der Waals surface area contributed by atoms with Crippen LogP contribution in [0.15, 0.2) is 0 Å². The van der Waals surface area contributed by atoms with Gasteiger partial charge in [-0.3, -0.25) is 14.1 Å². The van der Waals surface area contributed by atoms with E-state index in [9.17, 15) is 18.0 Å². The average molecular weight is 463 g/mol. The first-order valence-corrected chi connectivity index (χ1v) is 12.1. The van der Waals surface area contributed by atoms with Crippen LogP contribution in [-0.2, 0) is 24.4 Å². The Labute approximate surface area is 218 Å². The Kier molecular flexibility index (Phi) is 22.3. The Bertz CT molecular complexity index is 523. The van der Waals surface area contributed by atoms with Crippen molar-refractivity contribution in [3.8, 4) is 0 Å². The molecule has 9 heteroatoms. The van der Waals surface area contributed by atoms with E-state index in [4.69, 9.17) is 14.4 Å². The summed E-state index contributed by atoms with van der Waals surface area (Å²) in [4.78, 5) is 22.2. The molecule has 2 N–H and O–H groups in total. The van der Waals surface area contributed by atoms with Crippen LogP contribution in [0.25, 0.3) is 0 Å². The van der Waals surface area contributed by atoms with E-state index in [1.807, 2.05) is 0 Å². The fraction of sp³-hybridized carbons (Fsp3) is 0.900. The summed E-state index contributed by atoms with van der Waals surface area (Å²) in [6.07, 6.45) is 15.7. The summed E-state index contributed by atoms with van der Waals surface area (Å²) in [5.74, 6) is -2.70. The molecule has 0 aromatic carbocycles. The van der Waals surface area contributed by atoms with Crippen molar-refractivity contribution in [2.75, 3.05) is 6.61 Å². The Morgan fingerprint density at radius 2 is 1.17 bits per heavy atom. The van der Waals surface area contributed by atoms with Crippen LogP contribution >= 0.6 is 0 Å². The third-order valence-electron chi connectivity index (χ3n) is 4.72. The molecule has 168 valence electrons. The molecule has 0 aliphatic carbocycles. The molecule has 0 saturated carbocycles. The zero-order valence-electron chi connectivity index (χ0n) is 17.2. The molecule has 0 fully saturated rings. The van der Waals surface area contributed by atoms with Crippen LogP contribution in [0.3, 0.4) is 0 Å². The molecule has 0 bridgehead atoms. The molecule has 0 rings (SSSR count). The molecule has 7 nitrogen and oxygen atoms in total. The summed E-state index contributed by atoms with van der Waals surface area (Å²) < 4.78 is 35.8. The van der Waals surface area contributed by atoms with Crippen molar-refractivity contribution in [1.82, 2.24) is 0 Å². The van der Waals surface area contributed by atoms with Gasteiger partial charge in [0.2, 0.25) is 0 Å². The Morgan fingerprint density at radius 3 is 1.52 bits per heavy atom. The van der Waals surface area contributed by atoms with Gasteiger partial charge in [-0.25, -0.2) is 0 Å². The SMILES string of the molecule is CCCCCCCCCCCCCCCCOC(=O)C(CC(=O)O)S(=O)(=O)O.[KH]. The first-order chi connectivity index (χ1) is 13.3. The minimum atomic E-state index is -4.79. The Balaban J connectivity index is 0. The molecular weight excluding hydrogens is 423 g/mol. The van der Waals surface area contributed by atoms with Crippen LogP contribution in [0, 0.1) is 0 Å². The number of hydrogen-bond acceptors (Lipinski definition) is 5. The van der Waals surface area contributed by atoms with Crippen molar-refractivity contribution < 1.29 is 32.4 Å². The number of hydrogen-bond donors (Lipinski definition) is 2. The Morgan fingerprint density at radius 1 is 0.793 bits per heavy atom. The summed E-state index contributed by atoms with van der Waals surface area (Å²) in [6, 6.07) is 0. The van der Waals surface area contributed by atoms with E-state index in [0.29, 0.717) is 6.42 Å². The van der Waals surface area contributed by atoms with Gasteiger partial charge in [-0.15, -0.1) is 0 Å². The van der Waals surface area contributed by atoms with Crippen molar-refractivity contribution in [1.29, 1.82) is 0 Å². The fourth-order valence-electron chi connectivity index (χ4n) is 3.03. The average Bonchev–Trinajstić information content (AvgIpc) is 2.61. The number of rotatable bonds is 19. The van der Waals surface area contributed by atoms with Gasteiger partial charge >= 0.3 is 63.3 Å². The number of carbonyl (C=O) groups excluding carboxylic acids is 1. The van der Waals surface area contributed by atoms with E-state index in [-0.39, 0.29) is 58.0 Å². The monoisotopic (exact) mass is 462 g/mol. The van der Waals surface area contributed by atoms with Crippen molar-refractivity contribution in [3.63, 3.8) is 0 Å². The van der Waals surface area contributed by atoms with Gasteiger partial charge in [0, 0.05) is 0 Å². The summed E-state index contributed by atoms with van der Waals surface area (Å²) >= 11 is 0. The molecular formula is C20H39KO7S. The van der Waals surface area contributed by atoms with Crippen molar-refractivity contribution in [2.24, 2.45) is 0 Å². The molecule has 0 amide bonds. The van der Waals surface area contributed by atoms with E-state index in [2.05, 4.69) is 6.92 Å². The van der Waals surface area contributed by atoms with Crippen LogP contribution < -0.4 is 0 Å². The maximum atomic E-state index is 11.6. The van der Waals surface area contributed by atoms with Gasteiger partial charge in [0.15, 0.2) is 5.25 Å². The molecule has 1 atom stereocenters. The van der Waals surface area contributed by atoms with Crippen LogP contribution in [0.2, 0.25) is 0 Å². The van der Waals surface area contributed by atoms with Crippen molar-refractivity contribution in [3.05, 3.63) is 0 Å². The van der Waals surface area contributed by atoms with E-state index in [1.54, 1.807) is 0 Å². The minimum absolute atomic E-state index is 0. The second-order valence-corrected chi connectivity index (χ2v) is 8.96. The summed E-state index contributed by atoms with van der Waals surface area (Å²) in [6.45, 7) is 2.26. The summed E-state index contributed by atoms with van der Waals surface area (Å²) in [7, 11) is -4.79. The van der Waals surface area contributed by atoms with Crippen LogP contribution in [0.4, 0.5) is 0 Å². The number of carbonyl (C=O) groups is 2. The number of esters is 1. The molecule has 0 aliphatic rings. The molecule has 1 unspecified atom stereocenters. The quantitative estimate of drug-likeness (QED) is 0.128. The molecule has 29 heavy (non-hydrogen) atoms. The zero-order chi connectivity index (χ0) is 21.3. The fourth-order valence-corrected chi connectivity index (χ4v) is 3.70. The summed E-state index contributed by atoms with van der Waals surface area (Å²) in [5.41, 5.74) is 0. The molecule has 0 heterocycles. The number of carboxylic acids is 1. The van der Waals surface area contributed by atoms with E-state index < -0.39 is 33.7 Å². The van der Waals surface area contributed by atoms with E-state index in [1.165, 1.54) is 64.2 Å². The number of aliphatic carboxylic acids is 1. The molecule has 0 aromatic rings. The first kappa shape index (κ1) is 31.7. The topological polar surface area (TPSA) is 118 Å². The standard InChI is InChI=1S/C20H38O7S.K.H/c1-2-3-4-5-6-7-8-9-10-11-12-13-14-15-16-27-20(23)18(17-19(21)22)28(24,25)26;;/h18H,2-17H2,1H3,(H,21,22)(H,24,25,26);;. The number of ether oxygens (including phenoxy) is 1. The van der Waals surface area contributed by atoms with Crippen molar-refractivity contribution >= 4 is 73.4 Å². The van der Waals surface area contributed by atoms with Gasteiger partial charge in [-0.05, 0) is 6.42 Å². The Hall–Kier alpha value is 0.486. The molecule has 0 aliphatic heterocycles. The third kappa shape index (κ3) is 20.2. The maximum absolute atomic E-state index is 11.6. The second kappa shape index (κ2) is 20.4. The predicted octanol–water partition coefficient (Wildman–Crippen LogP) is 4.09. The third-order valence-corrected chi connectivity index (χ3v) is 5.80. The zero-order valence-corrected chi connectivity index (χ0v) is 18.1. The van der Waals surface area contributed by atoms with Gasteiger partial charge in [0.25, 0.3) is 10.1 Å². The van der Waals surface area contributed by atoms with Gasteiger partial charge in [-0.1, -0.05) is 90.4 Å². The first-order valence-electron chi connectivity index (χ1n) is 10.6. The number of unbranched alkanes of at least 4 members (excludes halogenated alkanes) is 13. The molecule has 0 spiro atoms. The normalized spacial score (nSPS) is 12.2. The van der Waals surface area contributed by atoms with Crippen LogP contribution in [0.5, 0.6) is 0 Å². The van der Waals surface area contributed by atoms with Gasteiger partial charge in [0.05, 0.1) is 13.0 Å². The van der Waals surface area contributed by atoms with Gasteiger partial charge < -0.3 is 9.84 Å². The predicted molar refractivity (Wildman–Crippen MR) is 116 cm³/mol. The second-order valence-electron chi connectivity index (χ2n) is 7.37. The van der Waals surface area contributed by atoms with Crippen LogP contribution in [-0.4, -0.2) is 93.3 Å². The van der Waals surface area contributed by atoms with E-state index in [0.717, 1.165) is 19.3 Å². The van der Waals surface area contributed by atoms with Crippen molar-refractivity contribution in [2.45, 2.75) is 108 Å². The van der Waals surface area contributed by atoms with E-state index >= 15 is 0 Å². The van der Waals surface area contributed by atoms with Gasteiger partial charge in [0.1, 0.15) is 0 Å². The number of carboxylic acid groups (broad SMARTS) is 1. The summed E-state index contributed by atoms with van der Waals surface area (Å²) in [5, 5.41) is 6.56.